The van der Waals surface area contributed by atoms with Crippen molar-refractivity contribution in [2.45, 2.75) is 0 Å². The van der Waals surface area contributed by atoms with Crippen molar-refractivity contribution in [3.8, 4) is 10.9 Å². The molecule has 0 N–H and O–H groups in total. The second-order valence-electron chi connectivity index (χ2n) is 2.83. The molecule has 1 aromatic carbocycles. The Morgan fingerprint density at radius 2 is 2.06 bits per heavy atom. The zero-order chi connectivity index (χ0) is 11.4. The van der Waals surface area contributed by atoms with E-state index < -0.39 is 0 Å². The summed E-state index contributed by atoms with van der Waals surface area (Å²) in [5.41, 5.74) is 0.479. The molecule has 0 aliphatic rings. The molecule has 82 valence electrons. The van der Waals surface area contributed by atoms with Crippen molar-refractivity contribution >= 4 is 17.5 Å². The van der Waals surface area contributed by atoms with Gasteiger partial charge in [-0.3, -0.25) is 0 Å². The number of aromatic nitrogens is 2. The molecule has 0 atom stereocenters. The highest BCUT2D eigenvalue weighted by Gasteiger charge is 2.05. The number of ether oxygens (including phenoxy) is 2. The van der Waals surface area contributed by atoms with Gasteiger partial charge in [0.25, 0.3) is 5.19 Å². The number of hydrogen-bond donors (Lipinski definition) is 0. The van der Waals surface area contributed by atoms with E-state index in [4.69, 9.17) is 4.74 Å². The van der Waals surface area contributed by atoms with Crippen LogP contribution in [-0.2, 0) is 4.74 Å². The van der Waals surface area contributed by atoms with E-state index in [0.29, 0.717) is 16.5 Å². The van der Waals surface area contributed by atoms with Crippen LogP contribution in [0.4, 0.5) is 0 Å². The van der Waals surface area contributed by atoms with Gasteiger partial charge in [-0.25, -0.2) is 4.79 Å². The standard InChI is InChI=1S/C10H8N2O3S/c1-14-9(13)7-2-4-8(5-3-7)15-10-11-6-12-16-10/h2-6H,1H3. The molecule has 0 saturated carbocycles. The average molecular weight is 236 g/mol. The van der Waals surface area contributed by atoms with Crippen molar-refractivity contribution in [2.75, 3.05) is 7.11 Å². The van der Waals surface area contributed by atoms with Gasteiger partial charge in [0.1, 0.15) is 12.1 Å². The lowest BCUT2D eigenvalue weighted by Crippen LogP contribution is -2.00. The third-order valence-electron chi connectivity index (χ3n) is 1.82. The molecule has 0 fully saturated rings. The summed E-state index contributed by atoms with van der Waals surface area (Å²) in [6.45, 7) is 0. The number of hydrogen-bond acceptors (Lipinski definition) is 6. The summed E-state index contributed by atoms with van der Waals surface area (Å²) in [6, 6.07) is 6.60. The van der Waals surface area contributed by atoms with Gasteiger partial charge in [0.2, 0.25) is 0 Å². The van der Waals surface area contributed by atoms with Gasteiger partial charge in [-0.1, -0.05) is 0 Å². The van der Waals surface area contributed by atoms with E-state index in [1.807, 2.05) is 0 Å². The van der Waals surface area contributed by atoms with E-state index in [-0.39, 0.29) is 5.97 Å². The fraction of sp³-hybridized carbons (Fsp3) is 0.100. The van der Waals surface area contributed by atoms with E-state index in [1.165, 1.54) is 13.4 Å². The minimum atomic E-state index is -0.373. The first kappa shape index (κ1) is 10.6. The molecule has 0 aliphatic carbocycles. The molecule has 1 heterocycles. The molecule has 6 heteroatoms. The molecule has 0 bridgehead atoms. The normalized spacial score (nSPS) is 9.81. The number of esters is 1. The maximum absolute atomic E-state index is 11.2. The van der Waals surface area contributed by atoms with Gasteiger partial charge in [0.15, 0.2) is 0 Å². The van der Waals surface area contributed by atoms with Crippen LogP contribution in [0.25, 0.3) is 0 Å². The Balaban J connectivity index is 2.10. The molecule has 0 amide bonds. The minimum absolute atomic E-state index is 0.373. The number of methoxy groups -OCH3 is 1. The van der Waals surface area contributed by atoms with Crippen molar-refractivity contribution in [1.82, 2.24) is 9.36 Å². The first-order valence-electron chi connectivity index (χ1n) is 4.42. The van der Waals surface area contributed by atoms with E-state index in [1.54, 1.807) is 24.3 Å². The second kappa shape index (κ2) is 4.71. The van der Waals surface area contributed by atoms with Crippen LogP contribution in [0.15, 0.2) is 30.6 Å². The first-order valence-corrected chi connectivity index (χ1v) is 5.20. The number of carbonyl (C=O) groups is 1. The third-order valence-corrected chi connectivity index (χ3v) is 2.37. The van der Waals surface area contributed by atoms with E-state index in [0.717, 1.165) is 11.5 Å². The lowest BCUT2D eigenvalue weighted by atomic mass is 10.2. The fourth-order valence-corrected chi connectivity index (χ4v) is 1.50. The lowest BCUT2D eigenvalue weighted by Gasteiger charge is -2.02. The van der Waals surface area contributed by atoms with E-state index in [2.05, 4.69) is 14.1 Å². The molecule has 0 spiro atoms. The highest BCUT2D eigenvalue weighted by molar-refractivity contribution is 7.07. The van der Waals surface area contributed by atoms with Crippen LogP contribution < -0.4 is 4.74 Å². The summed E-state index contributed by atoms with van der Waals surface area (Å²) in [5, 5.41) is 0.464. The van der Waals surface area contributed by atoms with Crippen LogP contribution in [0.3, 0.4) is 0 Å². The van der Waals surface area contributed by atoms with Crippen LogP contribution >= 0.6 is 11.5 Å². The van der Waals surface area contributed by atoms with Gasteiger partial charge in [-0.2, -0.15) is 9.36 Å². The smallest absolute Gasteiger partial charge is 0.337 e. The van der Waals surface area contributed by atoms with Crippen LogP contribution in [0, 0.1) is 0 Å². The van der Waals surface area contributed by atoms with Crippen molar-refractivity contribution in [2.24, 2.45) is 0 Å². The highest BCUT2D eigenvalue weighted by atomic mass is 32.1. The predicted octanol–water partition coefficient (Wildman–Crippen LogP) is 2.12. The molecule has 2 rings (SSSR count). The van der Waals surface area contributed by atoms with E-state index in [9.17, 15) is 4.79 Å². The second-order valence-corrected chi connectivity index (χ2v) is 3.57. The molecule has 0 unspecified atom stereocenters. The summed E-state index contributed by atoms with van der Waals surface area (Å²) < 4.78 is 13.8. The van der Waals surface area contributed by atoms with Crippen molar-refractivity contribution < 1.29 is 14.3 Å². The van der Waals surface area contributed by atoms with Crippen LogP contribution in [0.2, 0.25) is 0 Å². The van der Waals surface area contributed by atoms with Gasteiger partial charge < -0.3 is 9.47 Å². The quantitative estimate of drug-likeness (QED) is 0.764. The molecule has 5 nitrogen and oxygen atoms in total. The van der Waals surface area contributed by atoms with Gasteiger partial charge in [-0.05, 0) is 24.3 Å². The zero-order valence-electron chi connectivity index (χ0n) is 8.41. The summed E-state index contributed by atoms with van der Waals surface area (Å²) >= 11 is 1.16. The monoisotopic (exact) mass is 236 g/mol. The van der Waals surface area contributed by atoms with Crippen LogP contribution in [0.1, 0.15) is 10.4 Å². The summed E-state index contributed by atoms with van der Waals surface area (Å²) in [7, 11) is 1.34. The summed E-state index contributed by atoms with van der Waals surface area (Å²) in [6.07, 6.45) is 1.42. The third kappa shape index (κ3) is 2.34. The van der Waals surface area contributed by atoms with Crippen molar-refractivity contribution in [1.29, 1.82) is 0 Å². The Morgan fingerprint density at radius 1 is 1.31 bits per heavy atom. The average Bonchev–Trinajstić information content (AvgIpc) is 2.82. The first-order chi connectivity index (χ1) is 7.79. The molecule has 0 aliphatic heterocycles. The number of carbonyl (C=O) groups excluding carboxylic acids is 1. The lowest BCUT2D eigenvalue weighted by molar-refractivity contribution is 0.0600. The molecule has 1 aromatic heterocycles. The molecule has 2 aromatic rings. The SMILES string of the molecule is COC(=O)c1ccc(Oc2ncns2)cc1. The largest absolute Gasteiger partial charge is 0.465 e. The molecular formula is C10H8N2O3S. The van der Waals surface area contributed by atoms with Gasteiger partial charge in [-0.15, -0.1) is 0 Å². The van der Waals surface area contributed by atoms with Gasteiger partial charge in [0.05, 0.1) is 12.7 Å². The Hall–Kier alpha value is -1.95. The Kier molecular flexibility index (Phi) is 3.11. The topological polar surface area (TPSA) is 61.3 Å². The van der Waals surface area contributed by atoms with Crippen molar-refractivity contribution in [3.63, 3.8) is 0 Å². The van der Waals surface area contributed by atoms with Crippen molar-refractivity contribution in [3.05, 3.63) is 36.2 Å². The predicted molar refractivity (Wildman–Crippen MR) is 57.8 cm³/mol. The Bertz CT molecular complexity index is 467. The molecule has 0 saturated heterocycles. The van der Waals surface area contributed by atoms with Crippen LogP contribution in [-0.4, -0.2) is 22.4 Å². The maximum Gasteiger partial charge on any atom is 0.337 e. The summed E-state index contributed by atoms with van der Waals surface area (Å²) in [4.78, 5) is 15.0. The minimum Gasteiger partial charge on any atom is -0.465 e. The summed E-state index contributed by atoms with van der Waals surface area (Å²) in [5.74, 6) is 0.229. The Morgan fingerprint density at radius 3 is 2.62 bits per heavy atom. The number of nitrogens with zero attached hydrogens (tertiary/aromatic N) is 2. The zero-order valence-corrected chi connectivity index (χ0v) is 9.23. The van der Waals surface area contributed by atoms with Gasteiger partial charge in [0, 0.05) is 11.5 Å². The number of benzene rings is 1. The fourth-order valence-electron chi connectivity index (χ4n) is 1.09. The molecular weight excluding hydrogens is 228 g/mol. The van der Waals surface area contributed by atoms with Gasteiger partial charge >= 0.3 is 5.97 Å². The Labute approximate surface area is 95.8 Å². The van der Waals surface area contributed by atoms with E-state index >= 15 is 0 Å². The highest BCUT2D eigenvalue weighted by Crippen LogP contribution is 2.21. The van der Waals surface area contributed by atoms with Crippen LogP contribution in [0.5, 0.6) is 10.9 Å². The maximum atomic E-state index is 11.2. The number of rotatable bonds is 3. The molecule has 0 radical (unpaired) electrons. The molecule has 16 heavy (non-hydrogen) atoms.